The smallest absolute Gasteiger partial charge is 0.475 e. The number of aryl methyl sites for hydroxylation is 2. The molecule has 18 heteroatoms. The summed E-state index contributed by atoms with van der Waals surface area (Å²) in [6.45, 7) is 11.5. The van der Waals surface area contributed by atoms with Crippen LogP contribution in [0.2, 0.25) is 0 Å². The van der Waals surface area contributed by atoms with Gasteiger partial charge in [0.05, 0.1) is 25.6 Å². The third kappa shape index (κ3) is 16.7. The zero-order chi connectivity index (χ0) is 30.1. The summed E-state index contributed by atoms with van der Waals surface area (Å²) in [5.41, 5.74) is 0. The summed E-state index contributed by atoms with van der Waals surface area (Å²) in [7, 11) is 2.34. The first-order valence-electron chi connectivity index (χ1n) is 10.3. The Balaban J connectivity index is -0.000000411. The molecule has 0 saturated carbocycles. The molecule has 2 aromatic heterocycles. The maximum absolute atomic E-state index is 12.8. The van der Waals surface area contributed by atoms with Crippen LogP contribution in [0.25, 0.3) is 0 Å². The maximum atomic E-state index is 12.8. The van der Waals surface area contributed by atoms with Crippen molar-refractivity contribution in [2.24, 2.45) is 14.1 Å². The molecule has 3 heterocycles. The summed E-state index contributed by atoms with van der Waals surface area (Å²) >= 11 is 0. The van der Waals surface area contributed by atoms with Crippen molar-refractivity contribution in [3.05, 3.63) is 36.4 Å². The van der Waals surface area contributed by atoms with Crippen molar-refractivity contribution in [2.45, 2.75) is 31.9 Å². The van der Waals surface area contributed by atoms with Crippen molar-refractivity contribution in [2.75, 3.05) is 13.1 Å². The molecule has 1 aliphatic heterocycles. The van der Waals surface area contributed by atoms with Gasteiger partial charge in [0, 0.05) is 65.9 Å². The largest absolute Gasteiger partial charge is 0.545 e. The van der Waals surface area contributed by atoms with E-state index in [0.29, 0.717) is 26.1 Å². The van der Waals surface area contributed by atoms with E-state index in [9.17, 15) is 14.8 Å². The zero-order valence-corrected chi connectivity index (χ0v) is 23.9. The number of nitrogens with zero attached hydrogens (tertiary/aromatic N) is 6. The van der Waals surface area contributed by atoms with E-state index < -0.39 is 13.1 Å². The van der Waals surface area contributed by atoms with Gasteiger partial charge >= 0.3 is 19.4 Å². The number of imidazole rings is 2. The van der Waals surface area contributed by atoms with Crippen molar-refractivity contribution in [3.8, 4) is 0 Å². The number of likely N-dealkylation sites (tertiary alicyclic amines) is 1. The van der Waals surface area contributed by atoms with E-state index >= 15 is 0 Å². The number of amides is 1. The quantitative estimate of drug-likeness (QED) is 0.168. The maximum Gasteiger partial charge on any atom is 0.475 e. The molecule has 0 aromatic carbocycles. The summed E-state index contributed by atoms with van der Waals surface area (Å²) in [5.74, 6) is 1.08. The fourth-order valence-electron chi connectivity index (χ4n) is 3.36. The summed E-state index contributed by atoms with van der Waals surface area (Å²) in [6, 6.07) is 0. The van der Waals surface area contributed by atoms with Gasteiger partial charge in [0.15, 0.2) is 0 Å². The van der Waals surface area contributed by atoms with E-state index in [0.717, 1.165) is 18.1 Å². The van der Waals surface area contributed by atoms with Crippen LogP contribution in [0.3, 0.4) is 0 Å². The van der Waals surface area contributed by atoms with Crippen LogP contribution in [0.1, 0.15) is 24.5 Å². The number of rotatable bonds is 7. The number of hydrogen-bond acceptors (Lipinski definition) is 13. The van der Waals surface area contributed by atoms with Crippen LogP contribution in [-0.2, 0) is 86.0 Å². The molecule has 3 rings (SSSR count). The molecule has 1 fully saturated rings. The van der Waals surface area contributed by atoms with E-state index in [-0.39, 0.29) is 45.2 Å². The molecule has 0 aliphatic carbocycles. The first kappa shape index (κ1) is 42.4. The minimum atomic E-state index is -1.50. The second-order valence-corrected chi connectivity index (χ2v) is 6.93. The van der Waals surface area contributed by atoms with E-state index in [2.05, 4.69) is 30.3 Å². The SMILES string of the molecule is Cn1ccnc1CN(CC(=O)N1CCCC1B(O)O)Cc1nccn1C.O=C=O.O=C=O.[CH-]=O.[CH-]=O.[CH-]=O.[Re]. The van der Waals surface area contributed by atoms with Crippen molar-refractivity contribution in [1.29, 1.82) is 0 Å². The minimum absolute atomic E-state index is 0. The second-order valence-electron chi connectivity index (χ2n) is 6.93. The Morgan fingerprint density at radius 3 is 1.64 bits per heavy atom. The molecule has 215 valence electrons. The minimum Gasteiger partial charge on any atom is -0.545 e. The van der Waals surface area contributed by atoms with Gasteiger partial charge in [0.2, 0.25) is 5.91 Å². The van der Waals surface area contributed by atoms with Gasteiger partial charge in [0.1, 0.15) is 11.6 Å². The Morgan fingerprint density at radius 1 is 0.949 bits per heavy atom. The Kier molecular flexibility index (Phi) is 29.7. The summed E-state index contributed by atoms with van der Waals surface area (Å²) in [6.07, 6.45) is 9.10. The topological polar surface area (TPSA) is 219 Å². The summed E-state index contributed by atoms with van der Waals surface area (Å²) in [5, 5.41) is 19.0. The van der Waals surface area contributed by atoms with Gasteiger partial charge in [-0.3, -0.25) is 30.1 Å². The monoisotopic (exact) mass is 722 g/mol. The second kappa shape index (κ2) is 27.3. The van der Waals surface area contributed by atoms with Crippen LogP contribution in [-0.4, -0.2) is 104 Å². The average Bonchev–Trinajstić information content (AvgIpc) is 3.66. The predicted molar refractivity (Wildman–Crippen MR) is 126 cm³/mol. The van der Waals surface area contributed by atoms with Crippen LogP contribution < -0.4 is 0 Å². The van der Waals surface area contributed by atoms with Gasteiger partial charge in [-0.2, -0.15) is 19.2 Å². The van der Waals surface area contributed by atoms with Crippen molar-refractivity contribution in [1.82, 2.24) is 28.9 Å². The molecular formula is C21H28BN6O10Re-3. The number of hydrogen-bond donors (Lipinski definition) is 2. The molecule has 0 bridgehead atoms. The number of carbonyl (C=O) groups excluding carboxylic acids is 8. The first-order valence-corrected chi connectivity index (χ1v) is 10.3. The Labute approximate surface area is 238 Å². The average molecular weight is 722 g/mol. The van der Waals surface area contributed by atoms with Crippen LogP contribution in [0, 0.1) is 0 Å². The molecule has 16 nitrogen and oxygen atoms in total. The van der Waals surface area contributed by atoms with Gasteiger partial charge in [-0.25, -0.2) is 9.97 Å². The van der Waals surface area contributed by atoms with Gasteiger partial charge in [-0.05, 0) is 12.8 Å². The fraction of sp³-hybridized carbons (Fsp3) is 0.429. The molecule has 1 unspecified atom stereocenters. The molecule has 1 aliphatic rings. The molecule has 0 spiro atoms. The Bertz CT molecular complexity index is 921. The predicted octanol–water partition coefficient (Wildman–Crippen LogP) is -2.83. The summed E-state index contributed by atoms with van der Waals surface area (Å²) < 4.78 is 3.85. The van der Waals surface area contributed by atoms with Gasteiger partial charge in [-0.1, -0.05) is 0 Å². The van der Waals surface area contributed by atoms with Crippen LogP contribution in [0.5, 0.6) is 0 Å². The molecule has 39 heavy (non-hydrogen) atoms. The van der Waals surface area contributed by atoms with Gasteiger partial charge < -0.3 is 38.5 Å². The molecule has 1 radical (unpaired) electrons. The van der Waals surface area contributed by atoms with Crippen LogP contribution in [0.15, 0.2) is 24.8 Å². The van der Waals surface area contributed by atoms with Gasteiger partial charge in [0.25, 0.3) is 0 Å². The van der Waals surface area contributed by atoms with Crippen molar-refractivity contribution < 1.29 is 68.8 Å². The number of carbonyl (C=O) groups is 1. The Hall–Kier alpha value is -3.73. The zero-order valence-electron chi connectivity index (χ0n) is 21.2. The normalized spacial score (nSPS) is 12.2. The molecular weight excluding hydrogens is 693 g/mol. The number of aromatic nitrogens is 4. The molecule has 1 amide bonds. The standard InChI is InChI=1S/C16H25BN6O3.2CO2.3CHO.Re/c1-20-8-5-18-14(20)10-22(11-15-19-6-9-21(15)2)12-16(24)23-7-3-4-13(23)17(25)26;2*2-1-3;3*1-2;/h5-6,8-9,13,25-26H,3-4,7,10-12H2,1-2H3;;;3*1H;/q;;;3*-1;. The molecule has 2 aromatic rings. The van der Waals surface area contributed by atoms with Gasteiger partial charge in [-0.15, -0.1) is 0 Å². The van der Waals surface area contributed by atoms with Crippen LogP contribution in [0.4, 0.5) is 0 Å². The van der Waals surface area contributed by atoms with Crippen molar-refractivity contribution >= 4 is 45.7 Å². The third-order valence-electron chi connectivity index (χ3n) is 4.89. The third-order valence-corrected chi connectivity index (χ3v) is 4.89. The van der Waals surface area contributed by atoms with Crippen LogP contribution >= 0.6 is 0 Å². The molecule has 1 atom stereocenters. The molecule has 1 saturated heterocycles. The first-order chi connectivity index (χ1) is 18.3. The van der Waals surface area contributed by atoms with Crippen molar-refractivity contribution in [3.63, 3.8) is 0 Å². The van der Waals surface area contributed by atoms with E-state index in [1.54, 1.807) is 17.3 Å². The van der Waals surface area contributed by atoms with E-state index in [1.165, 1.54) is 0 Å². The van der Waals surface area contributed by atoms with E-state index in [1.807, 2.05) is 40.5 Å². The Morgan fingerprint density at radius 2 is 1.33 bits per heavy atom. The summed E-state index contributed by atoms with van der Waals surface area (Å²) in [4.78, 5) is 80.8. The molecule has 2 N–H and O–H groups in total. The van der Waals surface area contributed by atoms with E-state index in [4.69, 9.17) is 33.6 Å². The fourth-order valence-corrected chi connectivity index (χ4v) is 3.36.